The second kappa shape index (κ2) is 9.84. The molecule has 1 aliphatic heterocycles. The third kappa shape index (κ3) is 5.82. The molecule has 34 heavy (non-hydrogen) atoms. The zero-order valence-corrected chi connectivity index (χ0v) is 20.5. The van der Waals surface area contributed by atoms with Crippen LogP contribution in [0.5, 0.6) is 0 Å². The minimum atomic E-state index is -4.56. The number of nitrogens with zero attached hydrogens (tertiary/aromatic N) is 4. The van der Waals surface area contributed by atoms with Gasteiger partial charge in [-0.2, -0.15) is 18.3 Å². The molecule has 0 bridgehead atoms. The highest BCUT2D eigenvalue weighted by Crippen LogP contribution is 2.35. The standard InChI is InChI=1S/C24H32BF3N4O2/c1-6-30(7-2)21(33)17-10-8-16(9-11-17)14-32-19-15-31(22(34)25-23(3,4)5)13-12-18(19)20(29-32)24(26,27)28/h8-11,25H,6-7,12-15H2,1-5H3. The number of amides is 2. The van der Waals surface area contributed by atoms with E-state index in [2.05, 4.69) is 5.10 Å². The Morgan fingerprint density at radius 1 is 1.09 bits per heavy atom. The summed E-state index contributed by atoms with van der Waals surface area (Å²) in [5.41, 5.74) is 0.974. The minimum absolute atomic E-state index is 0.0706. The molecule has 184 valence electrons. The molecule has 1 aromatic heterocycles. The normalized spacial score (nSPS) is 14.1. The number of carbonyl (C=O) groups is 2. The highest BCUT2D eigenvalue weighted by Gasteiger charge is 2.41. The predicted octanol–water partition coefficient (Wildman–Crippen LogP) is 4.57. The molecule has 10 heteroatoms. The Balaban J connectivity index is 1.87. The molecule has 0 atom stereocenters. The Bertz CT molecular complexity index is 1040. The molecule has 0 spiro atoms. The van der Waals surface area contributed by atoms with Crippen LogP contribution in [0.4, 0.5) is 18.0 Å². The van der Waals surface area contributed by atoms with Crippen molar-refractivity contribution in [1.82, 2.24) is 19.6 Å². The molecule has 0 fully saturated rings. The SMILES string of the molecule is CCN(CC)C(=O)c1ccc(Cn2nc(C(F)(F)F)c3c2CN(C(=O)BC(C)(C)C)CC3)cc1. The van der Waals surface area contributed by atoms with Crippen molar-refractivity contribution >= 4 is 19.0 Å². The molecule has 3 rings (SSSR count). The smallest absolute Gasteiger partial charge is 0.345 e. The maximum absolute atomic E-state index is 13.7. The highest BCUT2D eigenvalue weighted by atomic mass is 19.4. The van der Waals surface area contributed by atoms with Gasteiger partial charge in [-0.3, -0.25) is 14.3 Å². The molecule has 0 saturated heterocycles. The number of aromatic nitrogens is 2. The van der Waals surface area contributed by atoms with Crippen molar-refractivity contribution in [3.63, 3.8) is 0 Å². The van der Waals surface area contributed by atoms with Gasteiger partial charge in [-0.1, -0.05) is 38.2 Å². The molecule has 2 heterocycles. The Kier molecular flexibility index (Phi) is 7.48. The van der Waals surface area contributed by atoms with Crippen molar-refractivity contribution < 1.29 is 22.8 Å². The summed E-state index contributed by atoms with van der Waals surface area (Å²) in [4.78, 5) is 28.6. The zero-order chi connectivity index (χ0) is 25.3. The number of rotatable bonds is 6. The lowest BCUT2D eigenvalue weighted by atomic mass is 9.54. The van der Waals surface area contributed by atoms with E-state index in [1.807, 2.05) is 34.6 Å². The average molecular weight is 476 g/mol. The van der Waals surface area contributed by atoms with Gasteiger partial charge in [-0.05, 0) is 38.0 Å². The third-order valence-corrected chi connectivity index (χ3v) is 6.03. The van der Waals surface area contributed by atoms with Crippen LogP contribution in [-0.4, -0.2) is 58.2 Å². The molecular weight excluding hydrogens is 444 g/mol. The summed E-state index contributed by atoms with van der Waals surface area (Å²) < 4.78 is 42.4. The van der Waals surface area contributed by atoms with Crippen LogP contribution >= 0.6 is 0 Å². The Labute approximate surface area is 199 Å². The highest BCUT2D eigenvalue weighted by molar-refractivity contribution is 6.75. The van der Waals surface area contributed by atoms with E-state index in [1.165, 1.54) is 4.68 Å². The average Bonchev–Trinajstić information content (AvgIpc) is 3.12. The summed E-state index contributed by atoms with van der Waals surface area (Å²) >= 11 is 0. The van der Waals surface area contributed by atoms with Crippen LogP contribution in [0.25, 0.3) is 0 Å². The summed E-state index contributed by atoms with van der Waals surface area (Å²) in [6.07, 6.45) is -4.44. The van der Waals surface area contributed by atoms with Crippen LogP contribution in [0.1, 0.15) is 67.5 Å². The maximum Gasteiger partial charge on any atom is 0.435 e. The Morgan fingerprint density at radius 3 is 2.24 bits per heavy atom. The van der Waals surface area contributed by atoms with Gasteiger partial charge < -0.3 is 9.80 Å². The van der Waals surface area contributed by atoms with E-state index in [1.54, 1.807) is 34.1 Å². The summed E-state index contributed by atoms with van der Waals surface area (Å²) in [5.74, 6) is -0.154. The van der Waals surface area contributed by atoms with Crippen LogP contribution in [0.3, 0.4) is 0 Å². The maximum atomic E-state index is 13.7. The zero-order valence-electron chi connectivity index (χ0n) is 20.5. The number of hydrogen-bond donors (Lipinski definition) is 0. The van der Waals surface area contributed by atoms with Crippen molar-refractivity contribution in [3.8, 4) is 0 Å². The molecule has 0 unspecified atom stereocenters. The molecule has 0 radical (unpaired) electrons. The fourth-order valence-corrected chi connectivity index (χ4v) is 4.24. The van der Waals surface area contributed by atoms with Crippen LogP contribution < -0.4 is 0 Å². The van der Waals surface area contributed by atoms with Crippen LogP contribution in [0.2, 0.25) is 5.31 Å². The first kappa shape index (κ1) is 25.8. The fourth-order valence-electron chi connectivity index (χ4n) is 4.24. The van der Waals surface area contributed by atoms with Crippen LogP contribution in [0, 0.1) is 0 Å². The van der Waals surface area contributed by atoms with E-state index in [0.717, 1.165) is 5.56 Å². The topological polar surface area (TPSA) is 58.4 Å². The first-order valence-electron chi connectivity index (χ1n) is 11.7. The largest absolute Gasteiger partial charge is 0.435 e. The summed E-state index contributed by atoms with van der Waals surface area (Å²) in [6, 6.07) is 6.86. The van der Waals surface area contributed by atoms with Crippen molar-refractivity contribution in [2.45, 2.75) is 65.6 Å². The first-order chi connectivity index (χ1) is 15.8. The Morgan fingerprint density at radius 2 is 1.71 bits per heavy atom. The van der Waals surface area contributed by atoms with Gasteiger partial charge in [0, 0.05) is 30.8 Å². The lowest BCUT2D eigenvalue weighted by Gasteiger charge is -2.30. The van der Waals surface area contributed by atoms with Gasteiger partial charge in [-0.15, -0.1) is 0 Å². The van der Waals surface area contributed by atoms with Crippen molar-refractivity contribution in [1.29, 1.82) is 0 Å². The third-order valence-electron chi connectivity index (χ3n) is 6.03. The molecule has 1 aromatic carbocycles. The van der Waals surface area contributed by atoms with Gasteiger partial charge in [0.2, 0.25) is 7.28 Å². The molecule has 6 nitrogen and oxygen atoms in total. The van der Waals surface area contributed by atoms with E-state index in [4.69, 9.17) is 0 Å². The van der Waals surface area contributed by atoms with E-state index in [9.17, 15) is 22.8 Å². The van der Waals surface area contributed by atoms with Gasteiger partial charge in [0.05, 0.1) is 18.8 Å². The van der Waals surface area contributed by atoms with E-state index >= 15 is 0 Å². The van der Waals surface area contributed by atoms with Gasteiger partial charge in [-0.25, -0.2) is 0 Å². The second-order valence-corrected chi connectivity index (χ2v) is 9.91. The number of carbonyl (C=O) groups excluding carboxylic acids is 2. The molecule has 1 aliphatic rings. The monoisotopic (exact) mass is 476 g/mol. The number of benzene rings is 1. The quantitative estimate of drug-likeness (QED) is 0.575. The number of fused-ring (bicyclic) bond motifs is 1. The van der Waals surface area contributed by atoms with Crippen molar-refractivity contribution in [2.24, 2.45) is 0 Å². The molecule has 2 amide bonds. The molecule has 0 N–H and O–H groups in total. The van der Waals surface area contributed by atoms with E-state index in [0.29, 0.717) is 31.6 Å². The van der Waals surface area contributed by atoms with Crippen LogP contribution in [-0.2, 0) is 25.7 Å². The van der Waals surface area contributed by atoms with Gasteiger partial charge in [0.25, 0.3) is 5.91 Å². The Hall–Kier alpha value is -2.78. The van der Waals surface area contributed by atoms with Crippen molar-refractivity contribution in [3.05, 3.63) is 52.3 Å². The molecular formula is C24H32BF3N4O2. The summed E-state index contributed by atoms with van der Waals surface area (Å²) in [7, 11) is 0.324. The van der Waals surface area contributed by atoms with Crippen molar-refractivity contribution in [2.75, 3.05) is 19.6 Å². The lowest BCUT2D eigenvalue weighted by molar-refractivity contribution is -0.142. The van der Waals surface area contributed by atoms with Gasteiger partial charge in [0.15, 0.2) is 11.5 Å². The van der Waals surface area contributed by atoms with Crippen LogP contribution in [0.15, 0.2) is 24.3 Å². The molecule has 2 aromatic rings. The minimum Gasteiger partial charge on any atom is -0.345 e. The second-order valence-electron chi connectivity index (χ2n) is 9.91. The summed E-state index contributed by atoms with van der Waals surface area (Å²) in [6.45, 7) is 11.4. The van der Waals surface area contributed by atoms with E-state index in [-0.39, 0.29) is 48.6 Å². The van der Waals surface area contributed by atoms with Gasteiger partial charge in [0.1, 0.15) is 0 Å². The number of alkyl halides is 3. The van der Waals surface area contributed by atoms with Gasteiger partial charge >= 0.3 is 6.18 Å². The molecule has 0 aliphatic carbocycles. The molecule has 0 saturated carbocycles. The number of halogens is 3. The summed E-state index contributed by atoms with van der Waals surface area (Å²) in [5, 5.41) is 3.71. The lowest BCUT2D eigenvalue weighted by Crippen LogP contribution is -2.40. The first-order valence-corrected chi connectivity index (χ1v) is 11.7. The predicted molar refractivity (Wildman–Crippen MR) is 126 cm³/mol. The number of hydrogen-bond acceptors (Lipinski definition) is 3. The van der Waals surface area contributed by atoms with E-state index < -0.39 is 11.9 Å². The fraction of sp³-hybridized carbons (Fsp3) is 0.542.